The minimum atomic E-state index is -0.0784. The van der Waals surface area contributed by atoms with Crippen LogP contribution in [0.3, 0.4) is 0 Å². The number of ether oxygens (including phenoxy) is 1. The number of hydrogen-bond acceptors (Lipinski definition) is 5. The van der Waals surface area contributed by atoms with Crippen LogP contribution >= 0.6 is 0 Å². The van der Waals surface area contributed by atoms with E-state index in [2.05, 4.69) is 24.3 Å². The van der Waals surface area contributed by atoms with Gasteiger partial charge in [-0.25, -0.2) is 0 Å². The minimum absolute atomic E-state index is 0.0784. The average Bonchev–Trinajstić information content (AvgIpc) is 2.54. The number of rotatable bonds is 2. The Morgan fingerprint density at radius 2 is 1.05 bits per heavy atom. The van der Waals surface area contributed by atoms with E-state index in [4.69, 9.17) is 25.8 Å². The highest BCUT2D eigenvalue weighted by Crippen LogP contribution is 2.31. The third-order valence-electron chi connectivity index (χ3n) is 3.95. The van der Waals surface area contributed by atoms with Crippen molar-refractivity contribution in [2.75, 3.05) is 0 Å². The lowest BCUT2D eigenvalue weighted by molar-refractivity contribution is -0.0224. The number of hydrogen-bond donors (Lipinski definition) is 0. The zero-order valence-electron chi connectivity index (χ0n) is 11.6. The highest BCUT2D eigenvalue weighted by molar-refractivity contribution is 5.40. The highest BCUT2D eigenvalue weighted by atomic mass is 16.5. The Labute approximate surface area is 124 Å². The van der Waals surface area contributed by atoms with Crippen molar-refractivity contribution in [3.8, 4) is 24.3 Å². The van der Waals surface area contributed by atoms with Crippen molar-refractivity contribution in [1.82, 2.24) is 0 Å². The summed E-state index contributed by atoms with van der Waals surface area (Å²) in [6.07, 6.45) is 3.36. The molecule has 2 aliphatic carbocycles. The Morgan fingerprint density at radius 3 is 1.38 bits per heavy atom. The fourth-order valence-corrected chi connectivity index (χ4v) is 2.80. The molecule has 0 bridgehead atoms. The molecule has 0 fully saturated rings. The van der Waals surface area contributed by atoms with Gasteiger partial charge in [0.15, 0.2) is 0 Å². The normalized spacial score (nSPS) is 25.5. The molecule has 0 saturated carbocycles. The van der Waals surface area contributed by atoms with Gasteiger partial charge in [0.1, 0.15) is 0 Å². The molecule has 2 unspecified atom stereocenters. The van der Waals surface area contributed by atoms with E-state index in [1.165, 1.54) is 0 Å². The second-order valence-electron chi connectivity index (χ2n) is 5.23. The summed E-state index contributed by atoms with van der Waals surface area (Å²) in [5.41, 5.74) is 2.15. The average molecular weight is 278 g/mol. The van der Waals surface area contributed by atoms with Gasteiger partial charge in [-0.15, -0.1) is 0 Å². The summed E-state index contributed by atoms with van der Waals surface area (Å²) in [7, 11) is 0. The molecule has 2 aliphatic rings. The third kappa shape index (κ3) is 3.29. The minimum Gasteiger partial charge on any atom is -0.374 e. The quantitative estimate of drug-likeness (QED) is 0.772. The van der Waals surface area contributed by atoms with Crippen LogP contribution in [0.4, 0.5) is 0 Å². The molecule has 0 saturated heterocycles. The van der Waals surface area contributed by atoms with Crippen LogP contribution in [0.25, 0.3) is 0 Å². The van der Waals surface area contributed by atoms with Gasteiger partial charge >= 0.3 is 0 Å². The van der Waals surface area contributed by atoms with Crippen LogP contribution in [0.1, 0.15) is 38.5 Å². The summed E-state index contributed by atoms with van der Waals surface area (Å²) in [6.45, 7) is 0. The number of nitriles is 4. The van der Waals surface area contributed by atoms with Gasteiger partial charge in [-0.2, -0.15) is 21.0 Å². The molecule has 5 heteroatoms. The first kappa shape index (κ1) is 14.8. The summed E-state index contributed by atoms with van der Waals surface area (Å²) in [6, 6.07) is 8.31. The topological polar surface area (TPSA) is 104 Å². The van der Waals surface area contributed by atoms with Crippen LogP contribution in [0.2, 0.25) is 0 Å². The predicted molar refractivity (Wildman–Crippen MR) is 72.9 cm³/mol. The number of allylic oxidation sites excluding steroid dienone is 2. The van der Waals surface area contributed by atoms with E-state index in [0.717, 1.165) is 12.8 Å². The zero-order valence-corrected chi connectivity index (χ0v) is 11.6. The molecule has 0 aliphatic heterocycles. The molecular weight excluding hydrogens is 264 g/mol. The summed E-state index contributed by atoms with van der Waals surface area (Å²) in [5, 5.41) is 36.0. The molecule has 2 atom stereocenters. The molecule has 0 aromatic carbocycles. The maximum absolute atomic E-state index is 9.06. The van der Waals surface area contributed by atoms with Crippen molar-refractivity contribution in [3.05, 3.63) is 22.3 Å². The van der Waals surface area contributed by atoms with Crippen molar-refractivity contribution in [3.63, 3.8) is 0 Å². The Kier molecular flexibility index (Phi) is 4.73. The molecule has 0 amide bonds. The molecule has 0 aromatic heterocycles. The van der Waals surface area contributed by atoms with Gasteiger partial charge in [0.05, 0.1) is 36.5 Å². The van der Waals surface area contributed by atoms with Crippen molar-refractivity contribution < 1.29 is 4.74 Å². The van der Waals surface area contributed by atoms with Gasteiger partial charge in [-0.05, 0) is 25.7 Å². The third-order valence-corrected chi connectivity index (χ3v) is 3.95. The Hall–Kier alpha value is -2.60. The highest BCUT2D eigenvalue weighted by Gasteiger charge is 2.27. The van der Waals surface area contributed by atoms with E-state index in [9.17, 15) is 0 Å². The Bertz CT molecular complexity index is 602. The monoisotopic (exact) mass is 278 g/mol. The summed E-state index contributed by atoms with van der Waals surface area (Å²) >= 11 is 0. The van der Waals surface area contributed by atoms with Crippen molar-refractivity contribution >= 4 is 0 Å². The van der Waals surface area contributed by atoms with Crippen LogP contribution in [-0.2, 0) is 4.74 Å². The molecule has 0 spiro atoms. The maximum Gasteiger partial charge on any atom is 0.0958 e. The van der Waals surface area contributed by atoms with Gasteiger partial charge in [-0.3, -0.25) is 0 Å². The van der Waals surface area contributed by atoms with Gasteiger partial charge in [-0.1, -0.05) is 0 Å². The second kappa shape index (κ2) is 6.71. The van der Waals surface area contributed by atoms with Crippen LogP contribution in [0.15, 0.2) is 22.3 Å². The Morgan fingerprint density at radius 1 is 0.667 bits per heavy atom. The fraction of sp³-hybridized carbons (Fsp3) is 0.500. The standard InChI is InChI=1S/C16H14N4O/c17-7-11-1-3-15(5-13(11)9-19)21-16-4-2-12(8-18)14(6-16)10-20/h15-16H,1-6H2. The molecule has 0 radical (unpaired) electrons. The van der Waals surface area contributed by atoms with Gasteiger partial charge < -0.3 is 4.74 Å². The van der Waals surface area contributed by atoms with Crippen LogP contribution in [0.5, 0.6) is 0 Å². The number of nitrogens with zero attached hydrogens (tertiary/aromatic N) is 4. The van der Waals surface area contributed by atoms with Gasteiger partial charge in [0, 0.05) is 35.1 Å². The van der Waals surface area contributed by atoms with Gasteiger partial charge in [0.2, 0.25) is 0 Å². The molecule has 0 N–H and O–H groups in total. The summed E-state index contributed by atoms with van der Waals surface area (Å²) in [4.78, 5) is 0. The smallest absolute Gasteiger partial charge is 0.0958 e. The predicted octanol–water partition coefficient (Wildman–Crippen LogP) is 2.80. The molecular formula is C16H14N4O. The SMILES string of the molecule is N#CC1=C(C#N)CC(OC2CCC(C#N)=C(C#N)C2)CC1. The van der Waals surface area contributed by atoms with Crippen molar-refractivity contribution in [2.45, 2.75) is 50.7 Å². The fourth-order valence-electron chi connectivity index (χ4n) is 2.80. The lowest BCUT2D eigenvalue weighted by Crippen LogP contribution is -2.27. The summed E-state index contributed by atoms with van der Waals surface area (Å²) in [5.74, 6) is 0. The van der Waals surface area contributed by atoms with Crippen LogP contribution in [0, 0.1) is 45.3 Å². The second-order valence-corrected chi connectivity index (χ2v) is 5.23. The van der Waals surface area contributed by atoms with E-state index in [1.54, 1.807) is 0 Å². The molecule has 5 nitrogen and oxygen atoms in total. The van der Waals surface area contributed by atoms with Crippen molar-refractivity contribution in [1.29, 1.82) is 21.0 Å². The lowest BCUT2D eigenvalue weighted by Gasteiger charge is -2.29. The van der Waals surface area contributed by atoms with E-state index in [0.29, 0.717) is 48.0 Å². The zero-order chi connectivity index (χ0) is 15.2. The molecule has 21 heavy (non-hydrogen) atoms. The first-order valence-corrected chi connectivity index (χ1v) is 6.91. The van der Waals surface area contributed by atoms with E-state index in [1.807, 2.05) is 0 Å². The van der Waals surface area contributed by atoms with E-state index < -0.39 is 0 Å². The van der Waals surface area contributed by atoms with Gasteiger partial charge in [0.25, 0.3) is 0 Å². The largest absolute Gasteiger partial charge is 0.374 e. The molecule has 2 rings (SSSR count). The molecule has 0 aromatic rings. The van der Waals surface area contributed by atoms with Crippen molar-refractivity contribution in [2.24, 2.45) is 0 Å². The van der Waals surface area contributed by atoms with Crippen LogP contribution < -0.4 is 0 Å². The molecule has 0 heterocycles. The lowest BCUT2D eigenvalue weighted by atomic mass is 9.89. The van der Waals surface area contributed by atoms with E-state index in [-0.39, 0.29) is 12.2 Å². The Balaban J connectivity index is 2.00. The maximum atomic E-state index is 9.06. The first-order chi connectivity index (χ1) is 10.2. The molecule has 104 valence electrons. The summed E-state index contributed by atoms with van der Waals surface area (Å²) < 4.78 is 5.99. The first-order valence-electron chi connectivity index (χ1n) is 6.91. The van der Waals surface area contributed by atoms with Crippen LogP contribution in [-0.4, -0.2) is 12.2 Å². The van der Waals surface area contributed by atoms with E-state index >= 15 is 0 Å².